The maximum absolute atomic E-state index is 12.1. The molecule has 0 saturated carbocycles. The fourth-order valence-corrected chi connectivity index (χ4v) is 3.41. The highest BCUT2D eigenvalue weighted by Gasteiger charge is 2.23. The minimum Gasteiger partial charge on any atom is -0.314 e. The zero-order chi connectivity index (χ0) is 13.7. The number of rotatable bonds is 5. The van der Waals surface area contributed by atoms with Crippen molar-refractivity contribution in [3.63, 3.8) is 0 Å². The fourth-order valence-electron chi connectivity index (χ4n) is 2.11. The van der Waals surface area contributed by atoms with Gasteiger partial charge < -0.3 is 5.32 Å². The van der Waals surface area contributed by atoms with Gasteiger partial charge in [-0.15, -0.1) is 0 Å². The van der Waals surface area contributed by atoms with E-state index in [1.54, 1.807) is 0 Å². The van der Waals surface area contributed by atoms with Crippen LogP contribution in [-0.2, 0) is 10.2 Å². The van der Waals surface area contributed by atoms with E-state index in [2.05, 4.69) is 10.0 Å². The minimum absolute atomic E-state index is 0.166. The van der Waals surface area contributed by atoms with Crippen molar-refractivity contribution in [1.82, 2.24) is 14.3 Å². The summed E-state index contributed by atoms with van der Waals surface area (Å²) in [6.07, 6.45) is 0. The summed E-state index contributed by atoms with van der Waals surface area (Å²) in [5, 5.41) is 3.14. The third-order valence-corrected chi connectivity index (χ3v) is 4.93. The van der Waals surface area contributed by atoms with E-state index in [-0.39, 0.29) is 5.92 Å². The van der Waals surface area contributed by atoms with Crippen LogP contribution in [0.3, 0.4) is 0 Å². The molecule has 2 N–H and O–H groups in total. The van der Waals surface area contributed by atoms with Gasteiger partial charge in [0.2, 0.25) is 0 Å². The lowest BCUT2D eigenvalue weighted by atomic mass is 10.0. The first-order valence-corrected chi connectivity index (χ1v) is 8.04. The van der Waals surface area contributed by atoms with E-state index in [0.29, 0.717) is 19.6 Å². The van der Waals surface area contributed by atoms with Gasteiger partial charge in [0, 0.05) is 32.7 Å². The molecule has 6 heteroatoms. The van der Waals surface area contributed by atoms with Crippen molar-refractivity contribution in [2.75, 3.05) is 32.7 Å². The van der Waals surface area contributed by atoms with E-state index in [1.807, 2.05) is 37.3 Å². The van der Waals surface area contributed by atoms with Crippen LogP contribution in [0.25, 0.3) is 0 Å². The Labute approximate surface area is 115 Å². The molecule has 0 spiro atoms. The maximum Gasteiger partial charge on any atom is 0.279 e. The van der Waals surface area contributed by atoms with Crippen LogP contribution in [0.5, 0.6) is 0 Å². The van der Waals surface area contributed by atoms with Crippen molar-refractivity contribution in [3.05, 3.63) is 35.9 Å². The predicted molar refractivity (Wildman–Crippen MR) is 76.2 cm³/mol. The molecule has 106 valence electrons. The van der Waals surface area contributed by atoms with Crippen LogP contribution in [0, 0.1) is 0 Å². The molecule has 1 fully saturated rings. The summed E-state index contributed by atoms with van der Waals surface area (Å²) in [7, 11) is -3.34. The molecule has 1 aromatic rings. The molecule has 0 bridgehead atoms. The topological polar surface area (TPSA) is 61.4 Å². The molecule has 0 radical (unpaired) electrons. The van der Waals surface area contributed by atoms with Crippen LogP contribution in [0.15, 0.2) is 30.3 Å². The lowest BCUT2D eigenvalue weighted by molar-refractivity contribution is 0.354. The Morgan fingerprint density at radius 1 is 1.26 bits per heavy atom. The van der Waals surface area contributed by atoms with Crippen molar-refractivity contribution in [3.8, 4) is 0 Å². The smallest absolute Gasteiger partial charge is 0.279 e. The van der Waals surface area contributed by atoms with Crippen molar-refractivity contribution in [2.24, 2.45) is 0 Å². The van der Waals surface area contributed by atoms with Gasteiger partial charge in [-0.05, 0) is 11.5 Å². The lowest BCUT2D eigenvalue weighted by Gasteiger charge is -2.27. The lowest BCUT2D eigenvalue weighted by Crippen LogP contribution is -2.50. The normalized spacial score (nSPS) is 19.2. The van der Waals surface area contributed by atoms with Gasteiger partial charge in [-0.25, -0.2) is 4.72 Å². The van der Waals surface area contributed by atoms with E-state index in [1.165, 1.54) is 4.31 Å². The number of piperazine rings is 1. The van der Waals surface area contributed by atoms with Crippen molar-refractivity contribution in [1.29, 1.82) is 0 Å². The Kier molecular flexibility index (Phi) is 4.93. The first kappa shape index (κ1) is 14.5. The first-order chi connectivity index (χ1) is 9.09. The van der Waals surface area contributed by atoms with Crippen molar-refractivity contribution < 1.29 is 8.42 Å². The van der Waals surface area contributed by atoms with E-state index in [9.17, 15) is 8.42 Å². The molecule has 19 heavy (non-hydrogen) atoms. The van der Waals surface area contributed by atoms with Gasteiger partial charge in [-0.1, -0.05) is 37.3 Å². The molecule has 1 aliphatic heterocycles. The van der Waals surface area contributed by atoms with Gasteiger partial charge in [0.1, 0.15) is 0 Å². The summed E-state index contributed by atoms with van der Waals surface area (Å²) in [6.45, 7) is 4.96. The van der Waals surface area contributed by atoms with Crippen LogP contribution >= 0.6 is 0 Å². The molecule has 0 amide bonds. The Hall–Kier alpha value is -0.950. The summed E-state index contributed by atoms with van der Waals surface area (Å²) in [6, 6.07) is 9.93. The number of hydrogen-bond donors (Lipinski definition) is 2. The summed E-state index contributed by atoms with van der Waals surface area (Å²) in [5.74, 6) is 0.166. The monoisotopic (exact) mass is 283 g/mol. The van der Waals surface area contributed by atoms with Gasteiger partial charge in [0.15, 0.2) is 0 Å². The zero-order valence-corrected chi connectivity index (χ0v) is 12.0. The van der Waals surface area contributed by atoms with Gasteiger partial charge in [-0.3, -0.25) is 0 Å². The van der Waals surface area contributed by atoms with Gasteiger partial charge in [0.05, 0.1) is 0 Å². The fraction of sp³-hybridized carbons (Fsp3) is 0.538. The SMILES string of the molecule is CC(CNS(=O)(=O)N1CCNCC1)c1ccccc1. The Morgan fingerprint density at radius 3 is 2.53 bits per heavy atom. The molecule has 1 aliphatic rings. The van der Waals surface area contributed by atoms with E-state index in [0.717, 1.165) is 18.7 Å². The highest BCUT2D eigenvalue weighted by molar-refractivity contribution is 7.87. The van der Waals surface area contributed by atoms with Crippen LogP contribution in [0.2, 0.25) is 0 Å². The third-order valence-electron chi connectivity index (χ3n) is 3.36. The minimum atomic E-state index is -3.34. The van der Waals surface area contributed by atoms with E-state index in [4.69, 9.17) is 0 Å². The molecule has 0 aliphatic carbocycles. The molecular weight excluding hydrogens is 262 g/mol. The average Bonchev–Trinajstić information content (AvgIpc) is 2.47. The average molecular weight is 283 g/mol. The quantitative estimate of drug-likeness (QED) is 0.828. The van der Waals surface area contributed by atoms with Gasteiger partial charge in [-0.2, -0.15) is 12.7 Å². The number of benzene rings is 1. The van der Waals surface area contributed by atoms with Gasteiger partial charge >= 0.3 is 0 Å². The Balaban J connectivity index is 1.90. The van der Waals surface area contributed by atoms with Crippen LogP contribution in [0.4, 0.5) is 0 Å². The highest BCUT2D eigenvalue weighted by atomic mass is 32.2. The second-order valence-corrected chi connectivity index (χ2v) is 6.57. The Morgan fingerprint density at radius 2 is 1.89 bits per heavy atom. The highest BCUT2D eigenvalue weighted by Crippen LogP contribution is 2.13. The van der Waals surface area contributed by atoms with Crippen LogP contribution in [0.1, 0.15) is 18.4 Å². The summed E-state index contributed by atoms with van der Waals surface area (Å²) in [5.41, 5.74) is 1.14. The molecule has 1 atom stereocenters. The molecule has 1 unspecified atom stereocenters. The first-order valence-electron chi connectivity index (χ1n) is 6.60. The largest absolute Gasteiger partial charge is 0.314 e. The number of hydrogen-bond acceptors (Lipinski definition) is 3. The van der Waals surface area contributed by atoms with Crippen LogP contribution < -0.4 is 10.0 Å². The molecule has 1 saturated heterocycles. The molecule has 5 nitrogen and oxygen atoms in total. The molecule has 1 aromatic carbocycles. The second kappa shape index (κ2) is 6.47. The second-order valence-electron chi connectivity index (χ2n) is 4.81. The van der Waals surface area contributed by atoms with Crippen LogP contribution in [-0.4, -0.2) is 45.4 Å². The zero-order valence-electron chi connectivity index (χ0n) is 11.2. The van der Waals surface area contributed by atoms with Crippen molar-refractivity contribution >= 4 is 10.2 Å². The number of nitrogens with one attached hydrogen (secondary N) is 2. The number of nitrogens with zero attached hydrogens (tertiary/aromatic N) is 1. The predicted octanol–water partition coefficient (Wildman–Crippen LogP) is 0.530. The van der Waals surface area contributed by atoms with E-state index < -0.39 is 10.2 Å². The summed E-state index contributed by atoms with van der Waals surface area (Å²) >= 11 is 0. The maximum atomic E-state index is 12.1. The molecule has 0 aromatic heterocycles. The van der Waals surface area contributed by atoms with Crippen molar-refractivity contribution in [2.45, 2.75) is 12.8 Å². The standard InChI is InChI=1S/C13H21N3O2S/c1-12(13-5-3-2-4-6-13)11-15-19(17,18)16-9-7-14-8-10-16/h2-6,12,14-15H,7-11H2,1H3. The molecule has 1 heterocycles. The summed E-state index contributed by atoms with van der Waals surface area (Å²) in [4.78, 5) is 0. The van der Waals surface area contributed by atoms with E-state index >= 15 is 0 Å². The van der Waals surface area contributed by atoms with Gasteiger partial charge in [0.25, 0.3) is 10.2 Å². The Bertz CT molecular complexity index is 484. The summed E-state index contributed by atoms with van der Waals surface area (Å²) < 4.78 is 28.4. The molecular formula is C13H21N3O2S. The third kappa shape index (κ3) is 4.01. The molecule has 2 rings (SSSR count).